The number of rotatable bonds is 4. The SMILES string of the molecule is CCN1CCN(Cc2ccccc2C(N)=S)CC1. The van der Waals surface area contributed by atoms with E-state index in [4.69, 9.17) is 18.0 Å². The summed E-state index contributed by atoms with van der Waals surface area (Å²) >= 11 is 5.11. The largest absolute Gasteiger partial charge is 0.389 e. The number of thiocarbonyl (C=S) groups is 1. The minimum atomic E-state index is 0.498. The molecule has 98 valence electrons. The molecule has 0 radical (unpaired) electrons. The van der Waals surface area contributed by atoms with Gasteiger partial charge in [0.15, 0.2) is 0 Å². The van der Waals surface area contributed by atoms with E-state index in [2.05, 4.69) is 28.9 Å². The lowest BCUT2D eigenvalue weighted by Crippen LogP contribution is -2.45. The molecule has 0 aliphatic carbocycles. The Bertz CT molecular complexity index is 411. The molecule has 1 aromatic carbocycles. The Balaban J connectivity index is 2.00. The standard InChI is InChI=1S/C14H21N3S/c1-2-16-7-9-17(10-8-16)11-12-5-3-4-6-13(12)14(15)18/h3-6H,2,7-11H2,1H3,(H2,15,18). The molecule has 0 aromatic heterocycles. The normalized spacial score (nSPS) is 17.8. The summed E-state index contributed by atoms with van der Waals surface area (Å²) in [7, 11) is 0. The second-order valence-electron chi connectivity index (χ2n) is 4.73. The Morgan fingerprint density at radius 3 is 2.39 bits per heavy atom. The Labute approximate surface area is 115 Å². The zero-order chi connectivity index (χ0) is 13.0. The zero-order valence-corrected chi connectivity index (χ0v) is 11.7. The fourth-order valence-electron chi connectivity index (χ4n) is 2.40. The van der Waals surface area contributed by atoms with Crippen molar-refractivity contribution in [2.75, 3.05) is 32.7 Å². The van der Waals surface area contributed by atoms with Crippen LogP contribution in [0.5, 0.6) is 0 Å². The molecule has 1 aromatic rings. The molecule has 1 heterocycles. The lowest BCUT2D eigenvalue weighted by atomic mass is 10.1. The van der Waals surface area contributed by atoms with Crippen molar-refractivity contribution in [2.24, 2.45) is 5.73 Å². The summed E-state index contributed by atoms with van der Waals surface area (Å²) in [4.78, 5) is 5.46. The van der Waals surface area contributed by atoms with Crippen LogP contribution in [0.25, 0.3) is 0 Å². The second kappa shape index (κ2) is 6.27. The number of hydrogen-bond acceptors (Lipinski definition) is 3. The summed E-state index contributed by atoms with van der Waals surface area (Å²) in [5.41, 5.74) is 8.03. The van der Waals surface area contributed by atoms with Crippen LogP contribution in [0.15, 0.2) is 24.3 Å². The van der Waals surface area contributed by atoms with Crippen molar-refractivity contribution < 1.29 is 0 Å². The van der Waals surface area contributed by atoms with E-state index in [0.717, 1.165) is 44.8 Å². The lowest BCUT2D eigenvalue weighted by Gasteiger charge is -2.34. The summed E-state index contributed by atoms with van der Waals surface area (Å²) in [6.07, 6.45) is 0. The predicted molar refractivity (Wildman–Crippen MR) is 79.7 cm³/mol. The first kappa shape index (κ1) is 13.5. The molecule has 2 rings (SSSR count). The fraction of sp³-hybridized carbons (Fsp3) is 0.500. The highest BCUT2D eigenvalue weighted by molar-refractivity contribution is 7.80. The van der Waals surface area contributed by atoms with Gasteiger partial charge in [0, 0.05) is 38.3 Å². The van der Waals surface area contributed by atoms with E-state index < -0.39 is 0 Å². The first-order chi connectivity index (χ1) is 8.70. The van der Waals surface area contributed by atoms with Crippen LogP contribution >= 0.6 is 12.2 Å². The Kier molecular flexibility index (Phi) is 4.69. The van der Waals surface area contributed by atoms with Crippen molar-refractivity contribution in [3.05, 3.63) is 35.4 Å². The average Bonchev–Trinajstić information content (AvgIpc) is 2.40. The van der Waals surface area contributed by atoms with E-state index in [9.17, 15) is 0 Å². The van der Waals surface area contributed by atoms with Gasteiger partial charge in [-0.05, 0) is 12.1 Å². The minimum absolute atomic E-state index is 0.498. The van der Waals surface area contributed by atoms with Gasteiger partial charge in [-0.2, -0.15) is 0 Å². The smallest absolute Gasteiger partial charge is 0.104 e. The predicted octanol–water partition coefficient (Wildman–Crippen LogP) is 1.46. The maximum absolute atomic E-state index is 5.77. The molecular formula is C14H21N3S. The molecule has 3 nitrogen and oxygen atoms in total. The van der Waals surface area contributed by atoms with Crippen LogP contribution in [0.4, 0.5) is 0 Å². The van der Waals surface area contributed by atoms with Gasteiger partial charge in [0.2, 0.25) is 0 Å². The molecule has 1 saturated heterocycles. The number of likely N-dealkylation sites (N-methyl/N-ethyl adjacent to an activating group) is 1. The molecule has 18 heavy (non-hydrogen) atoms. The molecule has 2 N–H and O–H groups in total. The molecule has 0 bridgehead atoms. The molecule has 0 saturated carbocycles. The highest BCUT2D eigenvalue weighted by Gasteiger charge is 2.16. The molecule has 4 heteroatoms. The van der Waals surface area contributed by atoms with E-state index in [1.165, 1.54) is 5.56 Å². The quantitative estimate of drug-likeness (QED) is 0.834. The molecule has 0 amide bonds. The summed E-state index contributed by atoms with van der Waals surface area (Å²) in [6, 6.07) is 8.19. The summed E-state index contributed by atoms with van der Waals surface area (Å²) in [5, 5.41) is 0. The van der Waals surface area contributed by atoms with Gasteiger partial charge < -0.3 is 10.6 Å². The number of hydrogen-bond donors (Lipinski definition) is 1. The van der Waals surface area contributed by atoms with Gasteiger partial charge in [0.25, 0.3) is 0 Å². The zero-order valence-electron chi connectivity index (χ0n) is 10.9. The topological polar surface area (TPSA) is 32.5 Å². The van der Waals surface area contributed by atoms with Crippen LogP contribution in [0, 0.1) is 0 Å². The second-order valence-corrected chi connectivity index (χ2v) is 5.17. The van der Waals surface area contributed by atoms with E-state index in [1.807, 2.05) is 12.1 Å². The van der Waals surface area contributed by atoms with Gasteiger partial charge in [0.05, 0.1) is 0 Å². The van der Waals surface area contributed by atoms with E-state index in [1.54, 1.807) is 0 Å². The van der Waals surface area contributed by atoms with Crippen molar-refractivity contribution in [3.63, 3.8) is 0 Å². The third-order valence-corrected chi connectivity index (χ3v) is 3.81. The van der Waals surface area contributed by atoms with Crippen LogP contribution in [0.1, 0.15) is 18.1 Å². The van der Waals surface area contributed by atoms with Crippen molar-refractivity contribution in [3.8, 4) is 0 Å². The Hall–Kier alpha value is -0.970. The lowest BCUT2D eigenvalue weighted by molar-refractivity contribution is 0.132. The maximum atomic E-state index is 5.77. The third kappa shape index (κ3) is 3.28. The van der Waals surface area contributed by atoms with Gasteiger partial charge >= 0.3 is 0 Å². The fourth-order valence-corrected chi connectivity index (χ4v) is 2.60. The average molecular weight is 263 g/mol. The van der Waals surface area contributed by atoms with Gasteiger partial charge in [-0.25, -0.2) is 0 Å². The molecule has 1 fully saturated rings. The van der Waals surface area contributed by atoms with Gasteiger partial charge in [-0.15, -0.1) is 0 Å². The molecule has 1 aliphatic rings. The first-order valence-corrected chi connectivity index (χ1v) is 6.94. The van der Waals surface area contributed by atoms with Crippen molar-refractivity contribution in [1.82, 2.24) is 9.80 Å². The monoisotopic (exact) mass is 263 g/mol. The Morgan fingerprint density at radius 1 is 1.17 bits per heavy atom. The van der Waals surface area contributed by atoms with E-state index >= 15 is 0 Å². The van der Waals surface area contributed by atoms with Crippen molar-refractivity contribution >= 4 is 17.2 Å². The highest BCUT2D eigenvalue weighted by atomic mass is 32.1. The molecular weight excluding hydrogens is 242 g/mol. The third-order valence-electron chi connectivity index (χ3n) is 3.59. The van der Waals surface area contributed by atoms with Crippen molar-refractivity contribution in [1.29, 1.82) is 0 Å². The molecule has 0 spiro atoms. The number of benzene rings is 1. The summed E-state index contributed by atoms with van der Waals surface area (Å²) < 4.78 is 0. The maximum Gasteiger partial charge on any atom is 0.104 e. The van der Waals surface area contributed by atoms with E-state index in [-0.39, 0.29) is 0 Å². The summed E-state index contributed by atoms with van der Waals surface area (Å²) in [6.45, 7) is 8.89. The van der Waals surface area contributed by atoms with Crippen LogP contribution in [-0.2, 0) is 6.54 Å². The minimum Gasteiger partial charge on any atom is -0.389 e. The summed E-state index contributed by atoms with van der Waals surface area (Å²) in [5.74, 6) is 0. The number of nitrogens with zero attached hydrogens (tertiary/aromatic N) is 2. The highest BCUT2D eigenvalue weighted by Crippen LogP contribution is 2.13. The number of nitrogens with two attached hydrogens (primary N) is 1. The van der Waals surface area contributed by atoms with Crippen LogP contribution in [-0.4, -0.2) is 47.5 Å². The van der Waals surface area contributed by atoms with E-state index in [0.29, 0.717) is 4.99 Å². The molecule has 0 atom stereocenters. The van der Waals surface area contributed by atoms with Crippen LogP contribution in [0.2, 0.25) is 0 Å². The first-order valence-electron chi connectivity index (χ1n) is 6.53. The van der Waals surface area contributed by atoms with Gasteiger partial charge in [0.1, 0.15) is 4.99 Å². The van der Waals surface area contributed by atoms with Crippen LogP contribution < -0.4 is 5.73 Å². The van der Waals surface area contributed by atoms with Gasteiger partial charge in [-0.1, -0.05) is 43.4 Å². The molecule has 0 unspecified atom stereocenters. The van der Waals surface area contributed by atoms with Gasteiger partial charge in [-0.3, -0.25) is 4.90 Å². The van der Waals surface area contributed by atoms with Crippen LogP contribution in [0.3, 0.4) is 0 Å². The molecule has 1 aliphatic heterocycles. The Morgan fingerprint density at radius 2 is 1.78 bits per heavy atom. The number of piperazine rings is 1. The van der Waals surface area contributed by atoms with Crippen molar-refractivity contribution in [2.45, 2.75) is 13.5 Å².